The minimum atomic E-state index is -0.720. The maximum Gasteiger partial charge on any atom is 0.332 e. The molecule has 1 aliphatic heterocycles. The van der Waals surface area contributed by atoms with Crippen molar-refractivity contribution in [3.63, 3.8) is 0 Å². The fourth-order valence-corrected chi connectivity index (χ4v) is 3.16. The predicted octanol–water partition coefficient (Wildman–Crippen LogP) is 0.441. The zero-order valence-electron chi connectivity index (χ0n) is 14.1. The van der Waals surface area contributed by atoms with Crippen molar-refractivity contribution in [2.24, 2.45) is 14.1 Å². The number of fused-ring (bicyclic) bond motifs is 1. The number of hydrogen-bond acceptors (Lipinski definition) is 5. The van der Waals surface area contributed by atoms with Crippen molar-refractivity contribution >= 4 is 17.3 Å². The Morgan fingerprint density at radius 3 is 2.68 bits per heavy atom. The van der Waals surface area contributed by atoms with Crippen LogP contribution in [0.3, 0.4) is 0 Å². The quantitative estimate of drug-likeness (QED) is 0.815. The molecule has 0 radical (unpaired) electrons. The summed E-state index contributed by atoms with van der Waals surface area (Å²) in [7, 11) is 2.70. The van der Waals surface area contributed by atoms with Crippen molar-refractivity contribution in [3.05, 3.63) is 56.0 Å². The normalized spacial score (nSPS) is 13.6. The predicted molar refractivity (Wildman–Crippen MR) is 92.6 cm³/mol. The molecule has 1 aromatic carbocycles. The molecule has 3 rings (SSSR count). The van der Waals surface area contributed by atoms with Gasteiger partial charge in [-0.05, 0) is 30.5 Å². The Morgan fingerprint density at radius 2 is 1.96 bits per heavy atom. The molecule has 0 aliphatic carbocycles. The molecular formula is C17H19FN4O3. The zero-order valence-corrected chi connectivity index (χ0v) is 14.1. The largest absolute Gasteiger partial charge is 0.384 e. The molecule has 25 heavy (non-hydrogen) atoms. The summed E-state index contributed by atoms with van der Waals surface area (Å²) in [5.74, 6) is -1.03. The van der Waals surface area contributed by atoms with Crippen LogP contribution in [-0.4, -0.2) is 28.0 Å². The lowest BCUT2D eigenvalue weighted by Gasteiger charge is -2.30. The van der Waals surface area contributed by atoms with Crippen molar-refractivity contribution in [2.75, 3.05) is 23.7 Å². The maximum absolute atomic E-state index is 13.6. The number of halogens is 1. The molecule has 0 unspecified atom stereocenters. The molecule has 7 nitrogen and oxygen atoms in total. The van der Waals surface area contributed by atoms with Gasteiger partial charge in [0.25, 0.3) is 5.56 Å². The van der Waals surface area contributed by atoms with Crippen LogP contribution in [0.4, 0.5) is 15.9 Å². The first kappa shape index (κ1) is 16.9. The molecule has 2 N–H and O–H groups in total. The first-order valence-electron chi connectivity index (χ1n) is 7.93. The van der Waals surface area contributed by atoms with Crippen LogP contribution in [0.1, 0.15) is 22.3 Å². The third-order valence-electron chi connectivity index (χ3n) is 4.59. The molecule has 1 aliphatic rings. The SMILES string of the molecule is Cn1c(N)c(C(=O)CN2CCCc3ccc(F)cc32)c(=O)n(C)c1=O. The van der Waals surface area contributed by atoms with Gasteiger partial charge in [-0.15, -0.1) is 0 Å². The highest BCUT2D eigenvalue weighted by Gasteiger charge is 2.25. The third kappa shape index (κ3) is 2.84. The molecule has 0 bridgehead atoms. The first-order valence-corrected chi connectivity index (χ1v) is 7.93. The Hall–Kier alpha value is -2.90. The molecule has 2 heterocycles. The van der Waals surface area contributed by atoms with Gasteiger partial charge in [0.2, 0.25) is 0 Å². The molecule has 8 heteroatoms. The summed E-state index contributed by atoms with van der Waals surface area (Å²) in [4.78, 5) is 38.6. The van der Waals surface area contributed by atoms with Crippen LogP contribution >= 0.6 is 0 Å². The third-order valence-corrected chi connectivity index (χ3v) is 4.59. The monoisotopic (exact) mass is 346 g/mol. The second kappa shape index (κ2) is 6.19. The molecule has 0 spiro atoms. The van der Waals surface area contributed by atoms with E-state index < -0.39 is 17.0 Å². The van der Waals surface area contributed by atoms with Crippen molar-refractivity contribution in [1.29, 1.82) is 0 Å². The Labute approximate surface area is 143 Å². The van der Waals surface area contributed by atoms with Gasteiger partial charge in [0.1, 0.15) is 17.2 Å². The number of anilines is 2. The molecule has 0 atom stereocenters. The summed E-state index contributed by atoms with van der Waals surface area (Å²) in [6.45, 7) is 0.474. The van der Waals surface area contributed by atoms with Crippen LogP contribution in [0.5, 0.6) is 0 Å². The number of nitrogen functional groups attached to an aromatic ring is 1. The molecule has 132 valence electrons. The lowest BCUT2D eigenvalue weighted by molar-refractivity contribution is 0.0996. The highest BCUT2D eigenvalue weighted by molar-refractivity contribution is 6.02. The van der Waals surface area contributed by atoms with Gasteiger partial charge in [-0.1, -0.05) is 6.07 Å². The highest BCUT2D eigenvalue weighted by Crippen LogP contribution is 2.28. The number of Topliss-reactive ketones (excluding diaryl/α,β-unsaturated/α-hetero) is 1. The van der Waals surface area contributed by atoms with E-state index in [2.05, 4.69) is 0 Å². The molecule has 2 aromatic rings. The molecule has 0 saturated heterocycles. The van der Waals surface area contributed by atoms with Crippen LogP contribution in [-0.2, 0) is 20.5 Å². The van der Waals surface area contributed by atoms with Crippen molar-refractivity contribution < 1.29 is 9.18 Å². The molecule has 0 fully saturated rings. The number of benzene rings is 1. The van der Waals surface area contributed by atoms with Crippen molar-refractivity contribution in [1.82, 2.24) is 9.13 Å². The van der Waals surface area contributed by atoms with Gasteiger partial charge in [-0.25, -0.2) is 9.18 Å². The van der Waals surface area contributed by atoms with E-state index in [9.17, 15) is 18.8 Å². The Morgan fingerprint density at radius 1 is 1.24 bits per heavy atom. The minimum absolute atomic E-state index is 0.103. The van der Waals surface area contributed by atoms with Gasteiger partial charge in [0.05, 0.1) is 6.54 Å². The van der Waals surface area contributed by atoms with Crippen molar-refractivity contribution in [2.45, 2.75) is 12.8 Å². The molecular weight excluding hydrogens is 327 g/mol. The van der Waals surface area contributed by atoms with Crippen LogP contribution < -0.4 is 21.9 Å². The number of ketones is 1. The number of nitrogens with two attached hydrogens (primary N) is 1. The fraction of sp³-hybridized carbons (Fsp3) is 0.353. The number of nitrogens with zero attached hydrogens (tertiary/aromatic N) is 3. The van der Waals surface area contributed by atoms with Gasteiger partial charge >= 0.3 is 5.69 Å². The summed E-state index contributed by atoms with van der Waals surface area (Å²) in [6.07, 6.45) is 1.64. The number of aryl methyl sites for hydroxylation is 1. The number of aromatic nitrogens is 2. The summed E-state index contributed by atoms with van der Waals surface area (Å²) >= 11 is 0. The van der Waals surface area contributed by atoms with E-state index in [1.807, 2.05) is 0 Å². The van der Waals surface area contributed by atoms with Crippen LogP contribution in [0.25, 0.3) is 0 Å². The van der Waals surface area contributed by atoms with Crippen LogP contribution in [0, 0.1) is 5.82 Å². The van der Waals surface area contributed by atoms with E-state index in [0.29, 0.717) is 12.2 Å². The van der Waals surface area contributed by atoms with E-state index in [0.717, 1.165) is 27.5 Å². The Kier molecular flexibility index (Phi) is 4.20. The number of carbonyl (C=O) groups is 1. The first-order chi connectivity index (χ1) is 11.8. The zero-order chi connectivity index (χ0) is 18.3. The highest BCUT2D eigenvalue weighted by atomic mass is 19.1. The smallest absolute Gasteiger partial charge is 0.332 e. The lowest BCUT2D eigenvalue weighted by Crippen LogP contribution is -2.44. The summed E-state index contributed by atoms with van der Waals surface area (Å²) in [5.41, 5.74) is 5.91. The Balaban J connectivity index is 2.00. The lowest BCUT2D eigenvalue weighted by atomic mass is 10.0. The van der Waals surface area contributed by atoms with E-state index in [4.69, 9.17) is 5.73 Å². The van der Waals surface area contributed by atoms with Crippen LogP contribution in [0.15, 0.2) is 27.8 Å². The summed E-state index contributed by atoms with van der Waals surface area (Å²) < 4.78 is 15.5. The number of carbonyl (C=O) groups excluding carboxylic acids is 1. The van der Waals surface area contributed by atoms with Gasteiger partial charge in [-0.3, -0.25) is 18.7 Å². The molecule has 0 saturated carbocycles. The minimum Gasteiger partial charge on any atom is -0.384 e. The van der Waals surface area contributed by atoms with E-state index in [1.54, 1.807) is 11.0 Å². The van der Waals surface area contributed by atoms with E-state index in [-0.39, 0.29) is 23.7 Å². The summed E-state index contributed by atoms with van der Waals surface area (Å²) in [5, 5.41) is 0. The fourth-order valence-electron chi connectivity index (χ4n) is 3.16. The summed E-state index contributed by atoms with van der Waals surface area (Å²) in [6, 6.07) is 4.50. The van der Waals surface area contributed by atoms with Gasteiger partial charge in [-0.2, -0.15) is 0 Å². The molecule has 1 aromatic heterocycles. The van der Waals surface area contributed by atoms with E-state index in [1.165, 1.54) is 26.2 Å². The topological polar surface area (TPSA) is 90.3 Å². The maximum atomic E-state index is 13.6. The number of rotatable bonds is 3. The average Bonchev–Trinajstić information content (AvgIpc) is 2.59. The standard InChI is InChI=1S/C17H19FN4O3/c1-20-15(19)14(16(24)21(2)17(20)25)13(23)9-22-7-3-4-10-5-6-11(18)8-12(10)22/h5-6,8H,3-4,7,9,19H2,1-2H3. The van der Waals surface area contributed by atoms with E-state index >= 15 is 0 Å². The van der Waals surface area contributed by atoms with Crippen molar-refractivity contribution in [3.8, 4) is 0 Å². The molecule has 0 amide bonds. The van der Waals surface area contributed by atoms with Gasteiger partial charge in [0, 0.05) is 26.3 Å². The second-order valence-corrected chi connectivity index (χ2v) is 6.19. The van der Waals surface area contributed by atoms with Gasteiger partial charge < -0.3 is 10.6 Å². The van der Waals surface area contributed by atoms with Gasteiger partial charge in [0.15, 0.2) is 5.78 Å². The number of hydrogen-bond donors (Lipinski definition) is 1. The Bertz CT molecular complexity index is 977. The van der Waals surface area contributed by atoms with Crippen LogP contribution in [0.2, 0.25) is 0 Å². The second-order valence-electron chi connectivity index (χ2n) is 6.19. The average molecular weight is 346 g/mol.